The van der Waals surface area contributed by atoms with Gasteiger partial charge in [-0.25, -0.2) is 0 Å². The van der Waals surface area contributed by atoms with Gasteiger partial charge in [-0.1, -0.05) is 206 Å². The van der Waals surface area contributed by atoms with E-state index in [1.165, 1.54) is 54.3 Å². The summed E-state index contributed by atoms with van der Waals surface area (Å²) in [4.78, 5) is 2.41. The van der Waals surface area contributed by atoms with Gasteiger partial charge in [0.15, 0.2) is 0 Å². The Bertz CT molecular complexity index is 4640. The van der Waals surface area contributed by atoms with Crippen LogP contribution in [0.1, 0.15) is 0 Å². The lowest BCUT2D eigenvalue weighted by Crippen LogP contribution is -2.11. The number of hydrogen-bond donors (Lipinski definition) is 0. The van der Waals surface area contributed by atoms with Crippen LogP contribution in [0.15, 0.2) is 283 Å². The van der Waals surface area contributed by atoms with E-state index < -0.39 is 0 Å². The first-order chi connectivity index (χ1) is 37.2. The molecule has 0 aliphatic heterocycles. The number of nitrogens with zero attached hydrogens (tertiary/aromatic N) is 2. The number of rotatable bonds is 8. The Labute approximate surface area is 434 Å². The molecule has 0 aliphatic carbocycles. The summed E-state index contributed by atoms with van der Waals surface area (Å²) in [5.74, 6) is 0. The molecule has 0 saturated heterocycles. The molecule has 0 bridgehead atoms. The van der Waals surface area contributed by atoms with Crippen molar-refractivity contribution in [2.24, 2.45) is 0 Å². The molecule has 15 rings (SSSR count). The van der Waals surface area contributed by atoms with E-state index >= 15 is 0 Å². The van der Waals surface area contributed by atoms with Gasteiger partial charge in [0.1, 0.15) is 11.2 Å². The molecule has 75 heavy (non-hydrogen) atoms. The Morgan fingerprint density at radius 1 is 0.267 bits per heavy atom. The number of anilines is 3. The van der Waals surface area contributed by atoms with Crippen LogP contribution in [0.5, 0.6) is 0 Å². The first-order valence-electron chi connectivity index (χ1n) is 25.7. The van der Waals surface area contributed by atoms with Gasteiger partial charge in [-0.3, -0.25) is 0 Å². The highest BCUT2D eigenvalue weighted by Gasteiger charge is 2.21. The van der Waals surface area contributed by atoms with Gasteiger partial charge in [-0.05, 0) is 133 Å². The maximum atomic E-state index is 6.82. The second-order valence-electron chi connectivity index (χ2n) is 19.6. The van der Waals surface area contributed by atoms with E-state index in [1.807, 2.05) is 0 Å². The van der Waals surface area contributed by atoms with Crippen LogP contribution >= 0.6 is 0 Å². The third-order valence-corrected chi connectivity index (χ3v) is 15.4. The van der Waals surface area contributed by atoms with Crippen molar-refractivity contribution in [2.45, 2.75) is 0 Å². The van der Waals surface area contributed by atoms with E-state index in [9.17, 15) is 0 Å². The second kappa shape index (κ2) is 17.4. The average Bonchev–Trinajstić information content (AvgIpc) is 4.07. The zero-order valence-electron chi connectivity index (χ0n) is 40.9. The van der Waals surface area contributed by atoms with Gasteiger partial charge < -0.3 is 13.9 Å². The van der Waals surface area contributed by atoms with Crippen LogP contribution in [-0.4, -0.2) is 4.57 Å². The van der Waals surface area contributed by atoms with Crippen LogP contribution in [0, 0.1) is 0 Å². The van der Waals surface area contributed by atoms with Crippen molar-refractivity contribution in [3.05, 3.63) is 279 Å². The Morgan fingerprint density at radius 2 is 0.760 bits per heavy atom. The minimum atomic E-state index is 0.898. The molecule has 0 atom stereocenters. The maximum absolute atomic E-state index is 6.82. The first kappa shape index (κ1) is 42.7. The molecule has 0 spiro atoms. The molecule has 15 aromatic rings. The largest absolute Gasteiger partial charge is 0.455 e. The molecule has 0 aliphatic rings. The van der Waals surface area contributed by atoms with Crippen LogP contribution in [-0.2, 0) is 0 Å². The summed E-state index contributed by atoms with van der Waals surface area (Å²) in [6.07, 6.45) is 0. The fourth-order valence-corrected chi connectivity index (χ4v) is 11.8. The number of benzene rings is 13. The zero-order valence-corrected chi connectivity index (χ0v) is 40.9. The lowest BCUT2D eigenvalue weighted by Gasteiger charge is -2.29. The molecule has 0 N–H and O–H groups in total. The van der Waals surface area contributed by atoms with Crippen molar-refractivity contribution in [2.75, 3.05) is 4.90 Å². The predicted molar refractivity (Wildman–Crippen MR) is 317 cm³/mol. The van der Waals surface area contributed by atoms with E-state index in [-0.39, 0.29) is 0 Å². The summed E-state index contributed by atoms with van der Waals surface area (Å²) < 4.78 is 9.21. The molecule has 3 heteroatoms. The van der Waals surface area contributed by atoms with E-state index in [0.29, 0.717) is 0 Å². The third-order valence-electron chi connectivity index (χ3n) is 15.4. The SMILES string of the molecule is c1ccc(-c2cc(-c3ccc4c(ccc5ccccc54)c3)ccc2N(c2ccc(-c3cccc(-n4c5ccccc5c5ccccc54)c3)cc2)c2ccc(-c3cccc4c3oc3c5ccccc5ccc43)cc2)cc1. The van der Waals surface area contributed by atoms with Crippen molar-refractivity contribution in [1.29, 1.82) is 0 Å². The van der Waals surface area contributed by atoms with E-state index in [2.05, 4.69) is 289 Å². The molecule has 2 aromatic heterocycles. The molecule has 350 valence electrons. The van der Waals surface area contributed by atoms with Crippen molar-refractivity contribution in [3.63, 3.8) is 0 Å². The summed E-state index contributed by atoms with van der Waals surface area (Å²) >= 11 is 0. The van der Waals surface area contributed by atoms with Crippen molar-refractivity contribution < 1.29 is 4.42 Å². The summed E-state index contributed by atoms with van der Waals surface area (Å²) in [5.41, 5.74) is 17.6. The fraction of sp³-hybridized carbons (Fsp3) is 0. The number of para-hydroxylation sites is 3. The molecule has 0 amide bonds. The smallest absolute Gasteiger partial charge is 0.143 e. The molecule has 0 saturated carbocycles. The predicted octanol–water partition coefficient (Wildman–Crippen LogP) is 20.3. The Kier molecular flexibility index (Phi) is 9.89. The number of aromatic nitrogens is 1. The Balaban J connectivity index is 0.867. The van der Waals surface area contributed by atoms with Crippen LogP contribution in [0.4, 0.5) is 17.1 Å². The summed E-state index contributed by atoms with van der Waals surface area (Å²) in [6.45, 7) is 0. The van der Waals surface area contributed by atoms with Crippen LogP contribution in [0.25, 0.3) is 126 Å². The Morgan fingerprint density at radius 3 is 1.52 bits per heavy atom. The van der Waals surface area contributed by atoms with Gasteiger partial charge in [-0.2, -0.15) is 0 Å². The average molecular weight is 955 g/mol. The van der Waals surface area contributed by atoms with Crippen LogP contribution < -0.4 is 4.90 Å². The summed E-state index contributed by atoms with van der Waals surface area (Å²) in [5, 5.41) is 12.1. The number of furan rings is 1. The van der Waals surface area contributed by atoms with Gasteiger partial charge in [-0.15, -0.1) is 0 Å². The van der Waals surface area contributed by atoms with Crippen molar-refractivity contribution >= 4 is 93.1 Å². The van der Waals surface area contributed by atoms with E-state index in [0.717, 1.165) is 89.0 Å². The molecular formula is C72H46N2O. The lowest BCUT2D eigenvalue weighted by atomic mass is 9.94. The minimum absolute atomic E-state index is 0.898. The van der Waals surface area contributed by atoms with Gasteiger partial charge in [0.2, 0.25) is 0 Å². The highest BCUT2D eigenvalue weighted by molar-refractivity contribution is 6.17. The standard InChI is InChI=1S/C72H46N2O/c1-2-14-48(15-3-1)67-46-54(53-35-41-60-55(44-53)29-28-49-16-4-6-20-59(49)60)36-43-70(67)73(57-39-32-51(33-40-57)62-24-13-25-65-66-42-34-50-17-5-7-21-61(50)72(66)75-71(62)65)56-37-30-47(31-38-56)52-18-12-19-58(45-52)74-68-26-10-8-22-63(68)64-23-9-11-27-69(64)74/h1-46H. The molecule has 0 unspecified atom stereocenters. The fourth-order valence-electron chi connectivity index (χ4n) is 11.8. The molecule has 13 aromatic carbocycles. The zero-order chi connectivity index (χ0) is 49.4. The van der Waals surface area contributed by atoms with E-state index in [4.69, 9.17) is 4.42 Å². The number of fused-ring (bicyclic) bond motifs is 11. The molecule has 3 nitrogen and oxygen atoms in total. The summed E-state index contributed by atoms with van der Waals surface area (Å²) in [7, 11) is 0. The number of hydrogen-bond acceptors (Lipinski definition) is 2. The summed E-state index contributed by atoms with van der Waals surface area (Å²) in [6, 6.07) is 102. The third kappa shape index (κ3) is 7.12. The quantitative estimate of drug-likeness (QED) is 0.142. The topological polar surface area (TPSA) is 21.3 Å². The highest BCUT2D eigenvalue weighted by atomic mass is 16.3. The van der Waals surface area contributed by atoms with Gasteiger partial charge in [0.25, 0.3) is 0 Å². The van der Waals surface area contributed by atoms with Crippen molar-refractivity contribution in [1.82, 2.24) is 4.57 Å². The molecular weight excluding hydrogens is 909 g/mol. The first-order valence-corrected chi connectivity index (χ1v) is 25.7. The minimum Gasteiger partial charge on any atom is -0.455 e. The Hall–Kier alpha value is -9.96. The van der Waals surface area contributed by atoms with Crippen molar-refractivity contribution in [3.8, 4) is 50.2 Å². The highest BCUT2D eigenvalue weighted by Crippen LogP contribution is 2.45. The van der Waals surface area contributed by atoms with Gasteiger partial charge in [0.05, 0.1) is 16.7 Å². The van der Waals surface area contributed by atoms with Crippen LogP contribution in [0.2, 0.25) is 0 Å². The molecule has 2 heterocycles. The molecule has 0 radical (unpaired) electrons. The normalized spacial score (nSPS) is 11.7. The second-order valence-corrected chi connectivity index (χ2v) is 19.6. The molecule has 0 fully saturated rings. The van der Waals surface area contributed by atoms with Gasteiger partial charge in [0, 0.05) is 55.1 Å². The maximum Gasteiger partial charge on any atom is 0.143 e. The monoisotopic (exact) mass is 954 g/mol. The van der Waals surface area contributed by atoms with E-state index in [1.54, 1.807) is 0 Å². The van der Waals surface area contributed by atoms with Crippen LogP contribution in [0.3, 0.4) is 0 Å². The lowest BCUT2D eigenvalue weighted by molar-refractivity contribution is 0.674. The van der Waals surface area contributed by atoms with Gasteiger partial charge >= 0.3 is 0 Å².